The Morgan fingerprint density at radius 1 is 1.25 bits per heavy atom. The van der Waals surface area contributed by atoms with Crippen LogP contribution in [0.1, 0.15) is 57.1 Å². The van der Waals surface area contributed by atoms with Crippen LogP contribution in [-0.4, -0.2) is 41.5 Å². The number of nitrogens with one attached hydrogen (secondary N) is 1. The van der Waals surface area contributed by atoms with Crippen molar-refractivity contribution in [1.29, 1.82) is 0 Å². The molecule has 1 aromatic heterocycles. The smallest absolute Gasteiger partial charge is 0.246 e. The molecule has 1 saturated heterocycles. The number of hydrogen-bond acceptors (Lipinski definition) is 6. The zero-order chi connectivity index (χ0) is 20.5. The van der Waals surface area contributed by atoms with Crippen molar-refractivity contribution in [3.05, 3.63) is 35.4 Å². The Kier molecular flexibility index (Phi) is 5.60. The Labute approximate surface area is 165 Å². The highest BCUT2D eigenvalue weighted by atomic mass is 16.5. The van der Waals surface area contributed by atoms with Gasteiger partial charge in [-0.1, -0.05) is 13.0 Å². The summed E-state index contributed by atoms with van der Waals surface area (Å²) in [6.07, 6.45) is 0.249. The van der Waals surface area contributed by atoms with Crippen molar-refractivity contribution < 1.29 is 19.0 Å². The molecule has 1 aliphatic heterocycles. The average Bonchev–Trinajstić information content (AvgIpc) is 3.12. The van der Waals surface area contributed by atoms with Gasteiger partial charge in [0.25, 0.3) is 0 Å². The average molecular weight is 388 g/mol. The van der Waals surface area contributed by atoms with Crippen LogP contribution in [0.4, 0.5) is 0 Å². The van der Waals surface area contributed by atoms with E-state index < -0.39 is 12.1 Å². The number of carbonyl (C=O) groups is 1. The number of benzene rings is 1. The topological polar surface area (TPSA) is 87.5 Å². The quantitative estimate of drug-likeness (QED) is 0.847. The summed E-state index contributed by atoms with van der Waals surface area (Å²) in [5, 5.41) is 7.69. The van der Waals surface area contributed by atoms with Crippen LogP contribution in [-0.2, 0) is 21.5 Å². The number of amides is 1. The molecule has 0 radical (unpaired) electrons. The highest BCUT2D eigenvalue weighted by Gasteiger charge is 2.38. The largest absolute Gasteiger partial charge is 0.493 e. The molecule has 1 aromatic carbocycles. The molecule has 1 aliphatic rings. The van der Waals surface area contributed by atoms with E-state index in [-0.39, 0.29) is 18.1 Å². The summed E-state index contributed by atoms with van der Waals surface area (Å²) in [5.74, 6) is 2.48. The predicted octanol–water partition coefficient (Wildman–Crippen LogP) is 2.54. The minimum atomic E-state index is -0.470. The number of carbonyl (C=O) groups excluding carboxylic acids is 1. The van der Waals surface area contributed by atoms with Crippen molar-refractivity contribution in [1.82, 2.24) is 20.1 Å². The third-order valence-electron chi connectivity index (χ3n) is 4.66. The highest BCUT2D eigenvalue weighted by Crippen LogP contribution is 2.38. The lowest BCUT2D eigenvalue weighted by Crippen LogP contribution is -2.43. The number of morpholine rings is 1. The van der Waals surface area contributed by atoms with Crippen molar-refractivity contribution in [3.63, 3.8) is 0 Å². The van der Waals surface area contributed by atoms with Crippen LogP contribution in [0.3, 0.4) is 0 Å². The molecule has 28 heavy (non-hydrogen) atoms. The van der Waals surface area contributed by atoms with Crippen LogP contribution in [0.2, 0.25) is 0 Å². The molecular weight excluding hydrogens is 360 g/mol. The number of aryl methyl sites for hydroxylation is 1. The van der Waals surface area contributed by atoms with Gasteiger partial charge in [0.1, 0.15) is 12.7 Å². The third-order valence-corrected chi connectivity index (χ3v) is 4.66. The molecule has 2 atom stereocenters. The summed E-state index contributed by atoms with van der Waals surface area (Å²) in [6, 6.07) is 5.14. The van der Waals surface area contributed by atoms with Crippen LogP contribution < -0.4 is 14.8 Å². The van der Waals surface area contributed by atoms with Gasteiger partial charge in [0.2, 0.25) is 5.91 Å². The van der Waals surface area contributed by atoms with E-state index in [1.54, 1.807) is 14.2 Å². The van der Waals surface area contributed by atoms with E-state index in [1.165, 1.54) is 0 Å². The Morgan fingerprint density at radius 3 is 2.57 bits per heavy atom. The zero-order valence-corrected chi connectivity index (χ0v) is 17.3. The fourth-order valence-corrected chi connectivity index (χ4v) is 3.28. The fourth-order valence-electron chi connectivity index (χ4n) is 3.28. The Hall–Kier alpha value is -2.61. The van der Waals surface area contributed by atoms with Gasteiger partial charge in [0.15, 0.2) is 23.1 Å². The van der Waals surface area contributed by atoms with E-state index in [0.29, 0.717) is 17.3 Å². The molecule has 3 rings (SSSR count). The van der Waals surface area contributed by atoms with E-state index in [0.717, 1.165) is 17.8 Å². The summed E-state index contributed by atoms with van der Waals surface area (Å²) in [4.78, 5) is 16.8. The molecule has 1 fully saturated rings. The van der Waals surface area contributed by atoms with Gasteiger partial charge in [-0.25, -0.2) is 9.67 Å². The van der Waals surface area contributed by atoms with Crippen molar-refractivity contribution in [3.8, 4) is 11.5 Å². The minimum absolute atomic E-state index is 0.0209. The van der Waals surface area contributed by atoms with Crippen molar-refractivity contribution >= 4 is 5.91 Å². The van der Waals surface area contributed by atoms with E-state index in [4.69, 9.17) is 19.2 Å². The van der Waals surface area contributed by atoms with Gasteiger partial charge >= 0.3 is 0 Å². The molecule has 8 heteroatoms. The predicted molar refractivity (Wildman–Crippen MR) is 104 cm³/mol. The maximum atomic E-state index is 12.1. The van der Waals surface area contributed by atoms with Gasteiger partial charge in [0, 0.05) is 6.42 Å². The third kappa shape index (κ3) is 3.82. The molecule has 2 heterocycles. The second kappa shape index (κ2) is 7.79. The first kappa shape index (κ1) is 20.1. The first-order valence-electron chi connectivity index (χ1n) is 9.37. The lowest BCUT2D eigenvalue weighted by molar-refractivity contribution is -0.138. The monoisotopic (exact) mass is 388 g/mol. The molecule has 0 saturated carbocycles. The van der Waals surface area contributed by atoms with Gasteiger partial charge < -0.3 is 19.5 Å². The summed E-state index contributed by atoms with van der Waals surface area (Å²) < 4.78 is 18.6. The van der Waals surface area contributed by atoms with E-state index in [1.807, 2.05) is 29.8 Å². The molecule has 8 nitrogen and oxygen atoms in total. The van der Waals surface area contributed by atoms with Crippen molar-refractivity contribution in [2.24, 2.45) is 0 Å². The van der Waals surface area contributed by atoms with Gasteiger partial charge in [-0.3, -0.25) is 4.79 Å². The molecule has 0 spiro atoms. The maximum absolute atomic E-state index is 12.1. The van der Waals surface area contributed by atoms with Crippen molar-refractivity contribution in [2.45, 2.75) is 51.8 Å². The number of nitrogens with zero attached hydrogens (tertiary/aromatic N) is 3. The highest BCUT2D eigenvalue weighted by molar-refractivity contribution is 5.78. The maximum Gasteiger partial charge on any atom is 0.246 e. The fraction of sp³-hybridized carbons (Fsp3) is 0.550. The van der Waals surface area contributed by atoms with Crippen molar-refractivity contribution in [2.75, 3.05) is 20.8 Å². The minimum Gasteiger partial charge on any atom is -0.493 e. The van der Waals surface area contributed by atoms with Crippen LogP contribution in [0.5, 0.6) is 11.5 Å². The molecule has 1 N–H and O–H groups in total. The Bertz CT molecular complexity index is 856. The number of methoxy groups -OCH3 is 2. The van der Waals surface area contributed by atoms with Gasteiger partial charge in [0.05, 0.1) is 25.8 Å². The van der Waals surface area contributed by atoms with Gasteiger partial charge in [-0.15, -0.1) is 0 Å². The Balaban J connectivity index is 2.07. The van der Waals surface area contributed by atoms with Crippen LogP contribution >= 0.6 is 0 Å². The molecule has 1 amide bonds. The first-order valence-corrected chi connectivity index (χ1v) is 9.37. The first-order chi connectivity index (χ1) is 13.3. The van der Waals surface area contributed by atoms with E-state index in [9.17, 15) is 4.79 Å². The lowest BCUT2D eigenvalue weighted by atomic mass is 9.97. The number of hydrogen-bond donors (Lipinski definition) is 1. The number of rotatable bonds is 5. The summed E-state index contributed by atoms with van der Waals surface area (Å²) >= 11 is 0. The standard InChI is InChI=1S/C20H28N4O4/c1-7-15-21-19(24(23-15)20(2,3)4)18-17(22-16(25)11-28-18)12-8-9-13(26-5)14(10-12)27-6/h8-10,17-18H,7,11H2,1-6H3,(H,22,25)/t17-,18+/m1/s1. The normalized spacial score (nSPS) is 20.0. The summed E-state index contributed by atoms with van der Waals surface area (Å²) in [6.45, 7) is 8.20. The molecule has 0 bridgehead atoms. The number of aromatic nitrogens is 3. The second-order valence-electron chi connectivity index (χ2n) is 7.71. The van der Waals surface area contributed by atoms with Gasteiger partial charge in [-0.05, 0) is 38.5 Å². The van der Waals surface area contributed by atoms with E-state index in [2.05, 4.69) is 31.2 Å². The molecular formula is C20H28N4O4. The summed E-state index contributed by atoms with van der Waals surface area (Å²) in [5.41, 5.74) is 0.570. The van der Waals surface area contributed by atoms with E-state index >= 15 is 0 Å². The second-order valence-corrected chi connectivity index (χ2v) is 7.71. The SMILES string of the molecule is CCc1nc([C@H]2OCC(=O)N[C@@H]2c2ccc(OC)c(OC)c2)n(C(C)(C)C)n1. The van der Waals surface area contributed by atoms with Crippen LogP contribution in [0.15, 0.2) is 18.2 Å². The van der Waals surface area contributed by atoms with Gasteiger partial charge in [-0.2, -0.15) is 5.10 Å². The van der Waals surface area contributed by atoms with Crippen LogP contribution in [0.25, 0.3) is 0 Å². The molecule has 0 aliphatic carbocycles. The Morgan fingerprint density at radius 2 is 1.96 bits per heavy atom. The number of ether oxygens (including phenoxy) is 3. The molecule has 0 unspecified atom stereocenters. The molecule has 152 valence electrons. The summed E-state index contributed by atoms with van der Waals surface area (Å²) in [7, 11) is 3.17. The van der Waals surface area contributed by atoms with Crippen LogP contribution in [0, 0.1) is 0 Å². The lowest BCUT2D eigenvalue weighted by Gasteiger charge is -2.34. The molecule has 2 aromatic rings. The zero-order valence-electron chi connectivity index (χ0n) is 17.3.